The van der Waals surface area contributed by atoms with E-state index in [0.717, 1.165) is 34.6 Å². The number of benzene rings is 2. The van der Waals surface area contributed by atoms with Crippen molar-refractivity contribution in [1.82, 2.24) is 0 Å². The van der Waals surface area contributed by atoms with E-state index in [9.17, 15) is 0 Å². The molecule has 0 amide bonds. The van der Waals surface area contributed by atoms with Crippen LogP contribution in [0.3, 0.4) is 0 Å². The van der Waals surface area contributed by atoms with E-state index in [0.29, 0.717) is 6.61 Å². The summed E-state index contributed by atoms with van der Waals surface area (Å²) in [6.45, 7) is 1.30. The van der Waals surface area contributed by atoms with Crippen LogP contribution in [0.1, 0.15) is 11.1 Å². The van der Waals surface area contributed by atoms with Gasteiger partial charge in [0.1, 0.15) is 18.1 Å². The second-order valence-electron chi connectivity index (χ2n) is 4.40. The minimum absolute atomic E-state index is 0.530. The Morgan fingerprint density at radius 3 is 3.00 bits per heavy atom. The Bertz CT molecular complexity index is 613. The van der Waals surface area contributed by atoms with Crippen LogP contribution in [-0.4, -0.2) is 6.61 Å². The van der Waals surface area contributed by atoms with E-state index >= 15 is 0 Å². The van der Waals surface area contributed by atoms with Crippen molar-refractivity contribution >= 4 is 38.5 Å². The number of ether oxygens (including phenoxy) is 2. The van der Waals surface area contributed by atoms with Crippen LogP contribution in [0, 0.1) is 3.57 Å². The summed E-state index contributed by atoms with van der Waals surface area (Å²) in [5.41, 5.74) is 2.36. The summed E-state index contributed by atoms with van der Waals surface area (Å²) in [5.74, 6) is 1.88. The molecule has 0 bridgehead atoms. The van der Waals surface area contributed by atoms with Gasteiger partial charge in [0.15, 0.2) is 0 Å². The van der Waals surface area contributed by atoms with E-state index in [4.69, 9.17) is 9.47 Å². The molecule has 0 fully saturated rings. The summed E-state index contributed by atoms with van der Waals surface area (Å²) in [5, 5.41) is 0. The van der Waals surface area contributed by atoms with Crippen molar-refractivity contribution in [2.45, 2.75) is 13.0 Å². The molecule has 1 aliphatic heterocycles. The van der Waals surface area contributed by atoms with Gasteiger partial charge in [-0.05, 0) is 58.5 Å². The van der Waals surface area contributed by atoms with Gasteiger partial charge >= 0.3 is 0 Å². The molecule has 1 heterocycles. The summed E-state index contributed by atoms with van der Waals surface area (Å²) in [7, 11) is 0. The average Bonchev–Trinajstić information content (AvgIpc) is 2.84. The van der Waals surface area contributed by atoms with Gasteiger partial charge in [-0.2, -0.15) is 0 Å². The normalized spacial score (nSPS) is 12.9. The molecule has 19 heavy (non-hydrogen) atoms. The third kappa shape index (κ3) is 3.05. The van der Waals surface area contributed by atoms with Crippen molar-refractivity contribution < 1.29 is 9.47 Å². The SMILES string of the molecule is Brc1cc2c(c(COc3cccc(I)c3)c1)OCC2. The standard InChI is InChI=1S/C15H12BrIO2/c16-12-6-10-4-5-18-15(10)11(7-12)9-19-14-3-1-2-13(17)8-14/h1-3,6-8H,4-5,9H2. The lowest BCUT2D eigenvalue weighted by Crippen LogP contribution is -1.99. The van der Waals surface area contributed by atoms with E-state index in [1.807, 2.05) is 24.3 Å². The van der Waals surface area contributed by atoms with Crippen molar-refractivity contribution in [2.24, 2.45) is 0 Å². The van der Waals surface area contributed by atoms with Gasteiger partial charge < -0.3 is 9.47 Å². The number of halogens is 2. The molecule has 2 aromatic rings. The molecule has 0 N–H and O–H groups in total. The Morgan fingerprint density at radius 1 is 1.26 bits per heavy atom. The van der Waals surface area contributed by atoms with E-state index in [1.165, 1.54) is 9.13 Å². The predicted octanol–water partition coefficient (Wildman–Crippen LogP) is 4.57. The minimum atomic E-state index is 0.530. The Kier molecular flexibility index (Phi) is 3.98. The van der Waals surface area contributed by atoms with Crippen molar-refractivity contribution in [3.63, 3.8) is 0 Å². The van der Waals surface area contributed by atoms with Crippen molar-refractivity contribution in [1.29, 1.82) is 0 Å². The first-order chi connectivity index (χ1) is 9.22. The highest BCUT2D eigenvalue weighted by atomic mass is 127. The van der Waals surface area contributed by atoms with Crippen LogP contribution in [0.25, 0.3) is 0 Å². The fourth-order valence-electron chi connectivity index (χ4n) is 2.17. The van der Waals surface area contributed by atoms with Crippen molar-refractivity contribution in [3.8, 4) is 11.5 Å². The first-order valence-electron chi connectivity index (χ1n) is 6.05. The molecule has 2 nitrogen and oxygen atoms in total. The molecule has 4 heteroatoms. The summed E-state index contributed by atoms with van der Waals surface area (Å²) in [6, 6.07) is 12.2. The van der Waals surface area contributed by atoms with Gasteiger partial charge in [-0.15, -0.1) is 0 Å². The molecule has 0 radical (unpaired) electrons. The molecule has 3 rings (SSSR count). The smallest absolute Gasteiger partial charge is 0.129 e. The van der Waals surface area contributed by atoms with Gasteiger partial charge in [0.05, 0.1) is 6.61 Å². The van der Waals surface area contributed by atoms with Crippen molar-refractivity contribution in [2.75, 3.05) is 6.61 Å². The highest BCUT2D eigenvalue weighted by Gasteiger charge is 2.17. The number of hydrogen-bond acceptors (Lipinski definition) is 2. The van der Waals surface area contributed by atoms with Crippen LogP contribution in [0.5, 0.6) is 11.5 Å². The third-order valence-electron chi connectivity index (χ3n) is 3.02. The third-order valence-corrected chi connectivity index (χ3v) is 4.14. The van der Waals surface area contributed by atoms with Crippen LogP contribution >= 0.6 is 38.5 Å². The first kappa shape index (κ1) is 13.2. The van der Waals surface area contributed by atoms with Gasteiger partial charge in [-0.25, -0.2) is 0 Å². The zero-order valence-electron chi connectivity index (χ0n) is 10.2. The van der Waals surface area contributed by atoms with Gasteiger partial charge in [0.2, 0.25) is 0 Å². The first-order valence-corrected chi connectivity index (χ1v) is 7.92. The molecule has 1 aliphatic rings. The molecule has 0 unspecified atom stereocenters. The van der Waals surface area contributed by atoms with Crippen LogP contribution in [0.15, 0.2) is 40.9 Å². The molecule has 2 aromatic carbocycles. The Morgan fingerprint density at radius 2 is 2.16 bits per heavy atom. The molecule has 0 aromatic heterocycles. The fourth-order valence-corrected chi connectivity index (χ4v) is 3.24. The van der Waals surface area contributed by atoms with E-state index in [1.54, 1.807) is 0 Å². The van der Waals surface area contributed by atoms with Gasteiger partial charge in [-0.1, -0.05) is 22.0 Å². The second-order valence-corrected chi connectivity index (χ2v) is 6.56. The van der Waals surface area contributed by atoms with Crippen LogP contribution in [0.4, 0.5) is 0 Å². The maximum atomic E-state index is 5.85. The quantitative estimate of drug-likeness (QED) is 0.664. The Hall–Kier alpha value is -0.750. The summed E-state index contributed by atoms with van der Waals surface area (Å²) < 4.78 is 13.8. The minimum Gasteiger partial charge on any atom is -0.493 e. The van der Waals surface area contributed by atoms with Gasteiger partial charge in [-0.3, -0.25) is 0 Å². The second kappa shape index (κ2) is 5.71. The maximum absolute atomic E-state index is 5.85. The lowest BCUT2D eigenvalue weighted by Gasteiger charge is -2.11. The van der Waals surface area contributed by atoms with Gasteiger partial charge in [0.25, 0.3) is 0 Å². The topological polar surface area (TPSA) is 18.5 Å². The highest BCUT2D eigenvalue weighted by Crippen LogP contribution is 2.33. The number of fused-ring (bicyclic) bond motifs is 1. The highest BCUT2D eigenvalue weighted by molar-refractivity contribution is 14.1. The summed E-state index contributed by atoms with van der Waals surface area (Å²) in [6.07, 6.45) is 0.977. The van der Waals surface area contributed by atoms with Crippen LogP contribution in [-0.2, 0) is 13.0 Å². The predicted molar refractivity (Wildman–Crippen MR) is 86.8 cm³/mol. The van der Waals surface area contributed by atoms with E-state index in [2.05, 4.69) is 50.7 Å². The monoisotopic (exact) mass is 430 g/mol. The lowest BCUT2D eigenvalue weighted by atomic mass is 10.1. The van der Waals surface area contributed by atoms with E-state index < -0.39 is 0 Å². The molecule has 0 atom stereocenters. The van der Waals surface area contributed by atoms with Crippen molar-refractivity contribution in [3.05, 3.63) is 55.6 Å². The molecule has 0 saturated carbocycles. The lowest BCUT2D eigenvalue weighted by molar-refractivity contribution is 0.291. The zero-order chi connectivity index (χ0) is 13.2. The largest absolute Gasteiger partial charge is 0.493 e. The van der Waals surface area contributed by atoms with Gasteiger partial charge in [0, 0.05) is 20.0 Å². The molecular weight excluding hydrogens is 419 g/mol. The molecule has 0 aliphatic carbocycles. The molecule has 0 saturated heterocycles. The summed E-state index contributed by atoms with van der Waals surface area (Å²) in [4.78, 5) is 0. The maximum Gasteiger partial charge on any atom is 0.129 e. The zero-order valence-corrected chi connectivity index (χ0v) is 13.9. The van der Waals surface area contributed by atoms with Crippen LogP contribution in [0.2, 0.25) is 0 Å². The van der Waals surface area contributed by atoms with E-state index in [-0.39, 0.29) is 0 Å². The average molecular weight is 431 g/mol. The number of rotatable bonds is 3. The van der Waals surface area contributed by atoms with Crippen LogP contribution < -0.4 is 9.47 Å². The summed E-state index contributed by atoms with van der Waals surface area (Å²) >= 11 is 5.82. The number of hydrogen-bond donors (Lipinski definition) is 0. The molecule has 98 valence electrons. The molecular formula is C15H12BrIO2. The Balaban J connectivity index is 1.81. The fraction of sp³-hybridized carbons (Fsp3) is 0.200. The Labute approximate surface area is 134 Å². The molecule has 0 spiro atoms.